The van der Waals surface area contributed by atoms with E-state index in [1.54, 1.807) is 12.1 Å². The van der Waals surface area contributed by atoms with Gasteiger partial charge in [-0.1, -0.05) is 13.0 Å². The summed E-state index contributed by atoms with van der Waals surface area (Å²) in [4.78, 5) is 28.3. The molecule has 0 atom stereocenters. The van der Waals surface area contributed by atoms with E-state index in [1.807, 2.05) is 0 Å². The van der Waals surface area contributed by atoms with Crippen LogP contribution in [0.4, 0.5) is 5.13 Å². The molecule has 3 aromatic rings. The highest BCUT2D eigenvalue weighted by atomic mass is 32.2. The number of esters is 1. The van der Waals surface area contributed by atoms with Gasteiger partial charge in [0.05, 0.1) is 19.1 Å². The zero-order valence-electron chi connectivity index (χ0n) is 17.3. The van der Waals surface area contributed by atoms with Crippen molar-refractivity contribution < 1.29 is 31.9 Å². The molecule has 2 heterocycles. The fraction of sp³-hybridized carbons (Fsp3) is 0.150. The van der Waals surface area contributed by atoms with Gasteiger partial charge in [-0.25, -0.2) is 13.2 Å². The van der Waals surface area contributed by atoms with Crippen LogP contribution in [0.5, 0.6) is 11.5 Å². The lowest BCUT2D eigenvalue weighted by atomic mass is 10.1. The molecule has 1 aromatic carbocycles. The van der Waals surface area contributed by atoms with E-state index in [4.69, 9.17) is 13.9 Å². The zero-order valence-corrected chi connectivity index (χ0v) is 18.9. The molecular weight excluding hydrogens is 472 g/mol. The van der Waals surface area contributed by atoms with Crippen LogP contribution >= 0.6 is 11.5 Å². The number of aromatic nitrogens is 2. The largest absolute Gasteiger partial charge is 0.493 e. The molecule has 0 aliphatic heterocycles. The Morgan fingerprint density at radius 3 is 2.73 bits per heavy atom. The second-order valence-electron chi connectivity index (χ2n) is 6.19. The summed E-state index contributed by atoms with van der Waals surface area (Å²) >= 11 is 0.682. The van der Waals surface area contributed by atoms with Crippen molar-refractivity contribution in [2.45, 2.75) is 12.1 Å². The number of carbonyl (C=O) groups is 2. The molecule has 13 heteroatoms. The molecule has 1 N–H and O–H groups in total. The molecule has 0 aliphatic rings. The van der Waals surface area contributed by atoms with Crippen molar-refractivity contribution in [3.8, 4) is 17.6 Å². The van der Waals surface area contributed by atoms with Crippen molar-refractivity contribution in [3.63, 3.8) is 0 Å². The van der Waals surface area contributed by atoms with E-state index in [9.17, 15) is 23.3 Å². The SMILES string of the molecule is CCS(=O)(=O)c1nsc(NC(=O)/C(C#N)=C\c2ccc(OC(=O)c3ccco3)c(OC)c2)n1. The van der Waals surface area contributed by atoms with E-state index < -0.39 is 26.9 Å². The number of carbonyl (C=O) groups excluding carboxylic acids is 2. The molecular formula is C20H16N4O7S2. The molecule has 0 spiro atoms. The Balaban J connectivity index is 1.78. The number of hydrogen-bond donors (Lipinski definition) is 1. The quantitative estimate of drug-likeness (QED) is 0.216. The first-order chi connectivity index (χ1) is 15.8. The Morgan fingerprint density at radius 2 is 2.09 bits per heavy atom. The van der Waals surface area contributed by atoms with Crippen LogP contribution in [0.3, 0.4) is 0 Å². The number of ether oxygens (including phenoxy) is 2. The van der Waals surface area contributed by atoms with E-state index >= 15 is 0 Å². The molecule has 11 nitrogen and oxygen atoms in total. The van der Waals surface area contributed by atoms with Crippen LogP contribution in [-0.2, 0) is 14.6 Å². The monoisotopic (exact) mass is 488 g/mol. The summed E-state index contributed by atoms with van der Waals surface area (Å²) in [5.41, 5.74) is 0.121. The fourth-order valence-corrected chi connectivity index (χ4v) is 3.98. The topological polar surface area (TPSA) is 161 Å². The van der Waals surface area contributed by atoms with Crippen LogP contribution in [0, 0.1) is 11.3 Å². The summed E-state index contributed by atoms with van der Waals surface area (Å²) in [6, 6.07) is 9.17. The van der Waals surface area contributed by atoms with Crippen LogP contribution in [0.2, 0.25) is 0 Å². The second-order valence-corrected chi connectivity index (χ2v) is 9.11. The number of benzene rings is 1. The summed E-state index contributed by atoms with van der Waals surface area (Å²) in [5, 5.41) is 11.3. The highest BCUT2D eigenvalue weighted by Gasteiger charge is 2.20. The summed E-state index contributed by atoms with van der Waals surface area (Å²) in [6.45, 7) is 1.45. The zero-order chi connectivity index (χ0) is 24.0. The van der Waals surface area contributed by atoms with Crippen molar-refractivity contribution in [1.82, 2.24) is 9.36 Å². The van der Waals surface area contributed by atoms with Gasteiger partial charge in [-0.15, -0.1) is 0 Å². The summed E-state index contributed by atoms with van der Waals surface area (Å²) in [6.07, 6.45) is 2.61. The predicted octanol–water partition coefficient (Wildman–Crippen LogP) is 2.70. The van der Waals surface area contributed by atoms with Crippen LogP contribution in [0.15, 0.2) is 51.7 Å². The maximum absolute atomic E-state index is 12.5. The fourth-order valence-electron chi connectivity index (χ4n) is 2.40. The Hall–Kier alpha value is -4.02. The molecule has 3 rings (SSSR count). The number of rotatable bonds is 8. The van der Waals surface area contributed by atoms with E-state index in [1.165, 1.54) is 50.6 Å². The number of amides is 1. The normalized spacial score (nSPS) is 11.5. The summed E-state index contributed by atoms with van der Waals surface area (Å²) < 4.78 is 42.8. The van der Waals surface area contributed by atoms with E-state index in [2.05, 4.69) is 14.7 Å². The average molecular weight is 489 g/mol. The minimum Gasteiger partial charge on any atom is -0.493 e. The molecule has 0 aliphatic carbocycles. The number of hydrogen-bond acceptors (Lipinski definition) is 11. The van der Waals surface area contributed by atoms with Crippen LogP contribution in [0.25, 0.3) is 6.08 Å². The third kappa shape index (κ3) is 5.62. The lowest BCUT2D eigenvalue weighted by Gasteiger charge is -2.09. The van der Waals surface area contributed by atoms with Gasteiger partial charge >= 0.3 is 5.97 Å². The number of nitrogens with zero attached hydrogens (tertiary/aromatic N) is 3. The molecule has 0 fully saturated rings. The van der Waals surface area contributed by atoms with Crippen molar-refractivity contribution in [3.05, 3.63) is 53.5 Å². The van der Waals surface area contributed by atoms with Crippen LogP contribution in [0.1, 0.15) is 23.0 Å². The maximum atomic E-state index is 12.5. The average Bonchev–Trinajstić information content (AvgIpc) is 3.51. The molecule has 0 unspecified atom stereocenters. The highest BCUT2D eigenvalue weighted by Crippen LogP contribution is 2.30. The van der Waals surface area contributed by atoms with Gasteiger partial charge in [0.2, 0.25) is 20.7 Å². The lowest BCUT2D eigenvalue weighted by Crippen LogP contribution is -2.14. The Kier molecular flexibility index (Phi) is 7.21. The van der Waals surface area contributed by atoms with Gasteiger partial charge in [-0.2, -0.15) is 14.6 Å². The number of anilines is 1. The number of nitriles is 1. The molecule has 33 heavy (non-hydrogen) atoms. The van der Waals surface area contributed by atoms with Crippen LogP contribution < -0.4 is 14.8 Å². The van der Waals surface area contributed by atoms with E-state index in [0.29, 0.717) is 17.1 Å². The van der Waals surface area contributed by atoms with Crippen LogP contribution in [-0.4, -0.2) is 42.5 Å². The van der Waals surface area contributed by atoms with E-state index in [-0.39, 0.29) is 33.7 Å². The lowest BCUT2D eigenvalue weighted by molar-refractivity contribution is -0.112. The van der Waals surface area contributed by atoms with Gasteiger partial charge in [0.1, 0.15) is 11.6 Å². The number of methoxy groups -OCH3 is 1. The second kappa shape index (κ2) is 10.1. The smallest absolute Gasteiger partial charge is 0.379 e. The van der Waals surface area contributed by atoms with Gasteiger partial charge in [0.25, 0.3) is 11.1 Å². The van der Waals surface area contributed by atoms with Gasteiger partial charge in [-0.3, -0.25) is 10.1 Å². The first-order valence-corrected chi connectivity index (χ1v) is 11.6. The van der Waals surface area contributed by atoms with Crippen molar-refractivity contribution in [2.75, 3.05) is 18.2 Å². The molecule has 0 saturated heterocycles. The van der Waals surface area contributed by atoms with Crippen molar-refractivity contribution >= 4 is 44.5 Å². The summed E-state index contributed by atoms with van der Waals surface area (Å²) in [7, 11) is -2.26. The standard InChI is InChI=1S/C20H16N4O7S2/c1-3-33(27,28)20-23-19(32-24-20)22-17(25)13(11-21)9-12-6-7-14(16(10-12)29-2)31-18(26)15-5-4-8-30-15/h4-10H,3H2,1-2H3,(H,22,23,24,25)/b13-9-. The highest BCUT2D eigenvalue weighted by molar-refractivity contribution is 7.91. The molecule has 0 radical (unpaired) electrons. The Labute approximate surface area is 192 Å². The number of sulfone groups is 1. The van der Waals surface area contributed by atoms with E-state index in [0.717, 1.165) is 0 Å². The first kappa shape index (κ1) is 23.6. The molecule has 1 amide bonds. The minimum atomic E-state index is -3.62. The third-order valence-electron chi connectivity index (χ3n) is 4.07. The molecule has 0 saturated carbocycles. The minimum absolute atomic E-state index is 0.0102. The van der Waals surface area contributed by atoms with Gasteiger partial charge in [0.15, 0.2) is 11.5 Å². The maximum Gasteiger partial charge on any atom is 0.379 e. The molecule has 0 bridgehead atoms. The Bertz CT molecular complexity index is 1350. The number of furan rings is 1. The Morgan fingerprint density at radius 1 is 1.30 bits per heavy atom. The summed E-state index contributed by atoms with van der Waals surface area (Å²) in [5.74, 6) is -1.41. The first-order valence-electron chi connectivity index (χ1n) is 9.20. The predicted molar refractivity (Wildman–Crippen MR) is 117 cm³/mol. The molecule has 170 valence electrons. The van der Waals surface area contributed by atoms with Crippen molar-refractivity contribution in [2.24, 2.45) is 0 Å². The van der Waals surface area contributed by atoms with Gasteiger partial charge in [-0.05, 0) is 35.9 Å². The van der Waals surface area contributed by atoms with Gasteiger partial charge in [0, 0.05) is 11.5 Å². The molecule has 2 aromatic heterocycles. The number of nitrogens with one attached hydrogen (secondary N) is 1. The third-order valence-corrected chi connectivity index (χ3v) is 6.32. The van der Waals surface area contributed by atoms with Crippen molar-refractivity contribution in [1.29, 1.82) is 5.26 Å². The van der Waals surface area contributed by atoms with Gasteiger partial charge < -0.3 is 13.9 Å².